The number of ether oxygens (including phenoxy) is 2. The lowest BCUT2D eigenvalue weighted by atomic mass is 10.2. The molecule has 5 nitrogen and oxygen atoms in total. The van der Waals surface area contributed by atoms with Gasteiger partial charge in [-0.25, -0.2) is 0 Å². The Morgan fingerprint density at radius 1 is 1.36 bits per heavy atom. The van der Waals surface area contributed by atoms with Crippen LogP contribution in [-0.2, 0) is 9.53 Å². The first-order chi connectivity index (χ1) is 10.6. The normalized spacial score (nSPS) is 21.6. The lowest BCUT2D eigenvalue weighted by molar-refractivity contribution is -0.137. The van der Waals surface area contributed by atoms with Gasteiger partial charge in [0.2, 0.25) is 5.91 Å². The van der Waals surface area contributed by atoms with Crippen LogP contribution in [-0.4, -0.2) is 42.7 Å². The topological polar surface area (TPSA) is 62.6 Å². The molecular formula is C17H20N2O3. The van der Waals surface area contributed by atoms with Crippen LogP contribution in [0.4, 0.5) is 0 Å². The van der Waals surface area contributed by atoms with E-state index in [0.717, 1.165) is 5.56 Å². The van der Waals surface area contributed by atoms with Crippen LogP contribution in [0.25, 0.3) is 6.08 Å². The molecule has 0 bridgehead atoms. The molecule has 0 aliphatic carbocycles. The van der Waals surface area contributed by atoms with Crippen molar-refractivity contribution in [2.75, 3.05) is 19.7 Å². The Bertz CT molecular complexity index is 565. The summed E-state index contributed by atoms with van der Waals surface area (Å²) in [5.41, 5.74) is 0.909. The molecular weight excluding hydrogens is 280 g/mol. The highest BCUT2D eigenvalue weighted by atomic mass is 16.5. The van der Waals surface area contributed by atoms with E-state index >= 15 is 0 Å². The van der Waals surface area contributed by atoms with Gasteiger partial charge in [-0.05, 0) is 37.6 Å². The summed E-state index contributed by atoms with van der Waals surface area (Å²) in [5.74, 6) is 0.632. The van der Waals surface area contributed by atoms with Gasteiger partial charge in [-0.2, -0.15) is 5.26 Å². The van der Waals surface area contributed by atoms with E-state index in [4.69, 9.17) is 14.7 Å². The fourth-order valence-corrected chi connectivity index (χ4v) is 2.42. The molecule has 2 unspecified atom stereocenters. The molecule has 0 saturated carbocycles. The highest BCUT2D eigenvalue weighted by Gasteiger charge is 2.24. The van der Waals surface area contributed by atoms with Gasteiger partial charge in [0.25, 0.3) is 0 Å². The summed E-state index contributed by atoms with van der Waals surface area (Å²) >= 11 is 0. The third-order valence-corrected chi connectivity index (χ3v) is 3.33. The summed E-state index contributed by atoms with van der Waals surface area (Å²) in [6, 6.07) is 9.17. The molecule has 1 saturated heterocycles. The number of nitrogens with zero attached hydrogens (tertiary/aromatic N) is 2. The molecule has 0 aromatic heterocycles. The predicted molar refractivity (Wildman–Crippen MR) is 83.2 cm³/mol. The Labute approximate surface area is 130 Å². The Hall–Kier alpha value is -2.32. The maximum atomic E-state index is 12.2. The van der Waals surface area contributed by atoms with Crippen LogP contribution < -0.4 is 4.74 Å². The van der Waals surface area contributed by atoms with Crippen molar-refractivity contribution in [1.29, 1.82) is 5.26 Å². The number of carbonyl (C=O) groups is 1. The summed E-state index contributed by atoms with van der Waals surface area (Å²) in [7, 11) is 0. The van der Waals surface area contributed by atoms with E-state index in [1.54, 1.807) is 29.2 Å². The van der Waals surface area contributed by atoms with E-state index in [9.17, 15) is 4.79 Å². The van der Waals surface area contributed by atoms with Crippen LogP contribution in [0.15, 0.2) is 30.3 Å². The molecule has 5 heteroatoms. The quantitative estimate of drug-likeness (QED) is 0.800. The standard InChI is InChI=1S/C17H20N2O3/c1-13-11-19(12-14(2)22-13)17(20)8-5-15-3-6-16(7-4-15)21-10-9-18/h3-8,13-14H,10-12H2,1-2H3/b8-5+. The van der Waals surface area contributed by atoms with Crippen molar-refractivity contribution in [3.05, 3.63) is 35.9 Å². The fourth-order valence-electron chi connectivity index (χ4n) is 2.42. The minimum atomic E-state index is -0.00759. The number of hydrogen-bond acceptors (Lipinski definition) is 4. The second-order valence-electron chi connectivity index (χ2n) is 5.35. The van der Waals surface area contributed by atoms with Crippen molar-refractivity contribution in [2.24, 2.45) is 0 Å². The number of rotatable bonds is 4. The maximum absolute atomic E-state index is 12.2. The van der Waals surface area contributed by atoms with Crippen molar-refractivity contribution in [2.45, 2.75) is 26.1 Å². The van der Waals surface area contributed by atoms with Gasteiger partial charge in [0.15, 0.2) is 6.61 Å². The number of amides is 1. The van der Waals surface area contributed by atoms with E-state index in [1.165, 1.54) is 0 Å². The highest BCUT2D eigenvalue weighted by molar-refractivity contribution is 5.91. The van der Waals surface area contributed by atoms with Gasteiger partial charge in [0.1, 0.15) is 11.8 Å². The van der Waals surface area contributed by atoms with Crippen LogP contribution >= 0.6 is 0 Å². The molecule has 0 spiro atoms. The van der Waals surface area contributed by atoms with Crippen molar-refractivity contribution >= 4 is 12.0 Å². The minimum absolute atomic E-state index is 0.00759. The van der Waals surface area contributed by atoms with E-state index in [-0.39, 0.29) is 24.7 Å². The third kappa shape index (κ3) is 4.61. The largest absolute Gasteiger partial charge is 0.479 e. The summed E-state index contributed by atoms with van der Waals surface area (Å²) in [4.78, 5) is 14.0. The molecule has 1 heterocycles. The number of hydrogen-bond donors (Lipinski definition) is 0. The molecule has 2 atom stereocenters. The zero-order valence-corrected chi connectivity index (χ0v) is 12.9. The molecule has 1 fully saturated rings. The molecule has 22 heavy (non-hydrogen) atoms. The van der Waals surface area contributed by atoms with Gasteiger partial charge < -0.3 is 14.4 Å². The van der Waals surface area contributed by atoms with E-state index in [0.29, 0.717) is 18.8 Å². The van der Waals surface area contributed by atoms with Crippen molar-refractivity contribution in [3.63, 3.8) is 0 Å². The molecule has 1 aromatic rings. The van der Waals surface area contributed by atoms with Crippen molar-refractivity contribution in [3.8, 4) is 11.8 Å². The molecule has 0 N–H and O–H groups in total. The van der Waals surface area contributed by atoms with Gasteiger partial charge in [0.05, 0.1) is 12.2 Å². The molecule has 0 radical (unpaired) electrons. The summed E-state index contributed by atoms with van der Waals surface area (Å²) < 4.78 is 10.8. The molecule has 1 aliphatic heterocycles. The third-order valence-electron chi connectivity index (χ3n) is 3.33. The summed E-state index contributed by atoms with van der Waals surface area (Å²) in [6.07, 6.45) is 3.49. The molecule has 1 amide bonds. The Morgan fingerprint density at radius 3 is 2.59 bits per heavy atom. The molecule has 2 rings (SSSR count). The fraction of sp³-hybridized carbons (Fsp3) is 0.412. The van der Waals surface area contributed by atoms with Gasteiger partial charge in [0, 0.05) is 19.2 Å². The van der Waals surface area contributed by atoms with Crippen molar-refractivity contribution < 1.29 is 14.3 Å². The number of nitriles is 1. The van der Waals surface area contributed by atoms with Crippen LogP contribution in [0.2, 0.25) is 0 Å². The Morgan fingerprint density at radius 2 is 2.00 bits per heavy atom. The maximum Gasteiger partial charge on any atom is 0.246 e. The number of carbonyl (C=O) groups excluding carboxylic acids is 1. The zero-order valence-electron chi connectivity index (χ0n) is 12.9. The van der Waals surface area contributed by atoms with E-state index in [1.807, 2.05) is 32.0 Å². The van der Waals surface area contributed by atoms with Gasteiger partial charge in [-0.15, -0.1) is 0 Å². The van der Waals surface area contributed by atoms with Crippen LogP contribution in [0.3, 0.4) is 0 Å². The Balaban J connectivity index is 1.93. The van der Waals surface area contributed by atoms with Gasteiger partial charge in [-0.1, -0.05) is 12.1 Å². The van der Waals surface area contributed by atoms with Crippen LogP contribution in [0, 0.1) is 11.3 Å². The summed E-state index contributed by atoms with van der Waals surface area (Å²) in [5, 5.41) is 8.45. The molecule has 116 valence electrons. The summed E-state index contributed by atoms with van der Waals surface area (Å²) in [6.45, 7) is 5.21. The smallest absolute Gasteiger partial charge is 0.246 e. The first kappa shape index (κ1) is 16.1. The van der Waals surface area contributed by atoms with Crippen molar-refractivity contribution in [1.82, 2.24) is 4.90 Å². The second-order valence-corrected chi connectivity index (χ2v) is 5.35. The van der Waals surface area contributed by atoms with Gasteiger partial charge in [-0.3, -0.25) is 4.79 Å². The zero-order chi connectivity index (χ0) is 15.9. The second kappa shape index (κ2) is 7.62. The predicted octanol–water partition coefficient (Wildman–Crippen LogP) is 2.24. The monoisotopic (exact) mass is 300 g/mol. The average molecular weight is 300 g/mol. The molecule has 1 aliphatic rings. The number of morpholine rings is 1. The van der Waals surface area contributed by atoms with Gasteiger partial charge >= 0.3 is 0 Å². The lowest BCUT2D eigenvalue weighted by Gasteiger charge is -2.34. The molecule has 1 aromatic carbocycles. The van der Waals surface area contributed by atoms with E-state index in [2.05, 4.69) is 0 Å². The number of benzene rings is 1. The average Bonchev–Trinajstić information content (AvgIpc) is 2.50. The van der Waals surface area contributed by atoms with E-state index < -0.39 is 0 Å². The van der Waals surface area contributed by atoms with Crippen LogP contribution in [0.1, 0.15) is 19.4 Å². The lowest BCUT2D eigenvalue weighted by Crippen LogP contribution is -2.47. The minimum Gasteiger partial charge on any atom is -0.479 e. The highest BCUT2D eigenvalue weighted by Crippen LogP contribution is 2.14. The Kier molecular flexibility index (Phi) is 5.56. The van der Waals surface area contributed by atoms with Crippen LogP contribution in [0.5, 0.6) is 5.75 Å². The SMILES string of the molecule is CC1CN(C(=O)/C=C/c2ccc(OCC#N)cc2)CC(C)O1. The first-order valence-electron chi connectivity index (χ1n) is 7.30. The first-order valence-corrected chi connectivity index (χ1v) is 7.30.